The number of aromatic nitrogens is 3. The van der Waals surface area contributed by atoms with Gasteiger partial charge in [-0.1, -0.05) is 17.3 Å². The summed E-state index contributed by atoms with van der Waals surface area (Å²) in [6.07, 6.45) is 4.16. The van der Waals surface area contributed by atoms with Crippen LogP contribution in [0.25, 0.3) is 11.3 Å². The van der Waals surface area contributed by atoms with Crippen molar-refractivity contribution in [3.05, 3.63) is 53.9 Å². The summed E-state index contributed by atoms with van der Waals surface area (Å²) in [5.41, 5.74) is 0.346. The molecule has 1 fully saturated rings. The highest BCUT2D eigenvalue weighted by Gasteiger charge is 2.28. The summed E-state index contributed by atoms with van der Waals surface area (Å²) in [7, 11) is 0. The molecule has 1 aromatic carbocycles. The molecule has 0 aliphatic heterocycles. The zero-order valence-electron chi connectivity index (χ0n) is 13.9. The number of aryl methyl sites for hydroxylation is 1. The lowest BCUT2D eigenvalue weighted by Gasteiger charge is -2.00. The Hall–Kier alpha value is -3.03. The first-order chi connectivity index (χ1) is 12.7. The van der Waals surface area contributed by atoms with Gasteiger partial charge in [-0.3, -0.25) is 4.79 Å². The molecule has 0 spiro atoms. The number of halogens is 1. The minimum atomic E-state index is -0.377. The van der Waals surface area contributed by atoms with E-state index in [2.05, 4.69) is 20.4 Å². The lowest BCUT2D eigenvalue weighted by atomic mass is 10.2. The molecule has 8 heteroatoms. The van der Waals surface area contributed by atoms with Crippen LogP contribution in [0, 0.1) is 5.82 Å². The standard InChI is InChI=1S/C18H17FN4O3/c19-13-4-2-1-3-12(13)14-9-21-16(25-14)8-7-15(24)20-10-17-22-18(23-26-17)11-5-6-11/h1-4,9,11H,5-8,10H2,(H,20,24). The first kappa shape index (κ1) is 16.4. The molecular formula is C18H17FN4O3. The molecule has 7 nitrogen and oxygen atoms in total. The Labute approximate surface area is 148 Å². The molecule has 1 saturated carbocycles. The van der Waals surface area contributed by atoms with E-state index >= 15 is 0 Å². The SMILES string of the molecule is O=C(CCc1ncc(-c2ccccc2F)o1)NCc1nc(C2CC2)no1. The number of carbonyl (C=O) groups excluding carboxylic acids is 1. The molecule has 3 aromatic rings. The van der Waals surface area contributed by atoms with Gasteiger partial charge < -0.3 is 14.3 Å². The number of hydrogen-bond acceptors (Lipinski definition) is 6. The van der Waals surface area contributed by atoms with Gasteiger partial charge in [-0.15, -0.1) is 0 Å². The maximum Gasteiger partial charge on any atom is 0.246 e. The van der Waals surface area contributed by atoms with E-state index in [0.717, 1.165) is 18.7 Å². The molecule has 4 rings (SSSR count). The van der Waals surface area contributed by atoms with Crippen LogP contribution in [-0.2, 0) is 17.8 Å². The predicted octanol–water partition coefficient (Wildman–Crippen LogP) is 2.99. The quantitative estimate of drug-likeness (QED) is 0.699. The average Bonchev–Trinajstić information content (AvgIpc) is 3.20. The Kier molecular flexibility index (Phi) is 4.47. The van der Waals surface area contributed by atoms with E-state index in [1.807, 2.05) is 0 Å². The highest BCUT2D eigenvalue weighted by Crippen LogP contribution is 2.38. The van der Waals surface area contributed by atoms with Gasteiger partial charge in [0.15, 0.2) is 17.5 Å². The van der Waals surface area contributed by atoms with Crippen LogP contribution < -0.4 is 5.32 Å². The molecule has 0 bridgehead atoms. The van der Waals surface area contributed by atoms with Crippen LogP contribution in [0.3, 0.4) is 0 Å². The number of nitrogens with zero attached hydrogens (tertiary/aromatic N) is 3. The molecule has 1 aliphatic rings. The number of oxazole rings is 1. The Bertz CT molecular complexity index is 917. The number of benzene rings is 1. The van der Waals surface area contributed by atoms with Gasteiger partial charge in [0, 0.05) is 18.8 Å². The molecule has 0 saturated heterocycles. The van der Waals surface area contributed by atoms with Gasteiger partial charge in [-0.25, -0.2) is 9.37 Å². The lowest BCUT2D eigenvalue weighted by molar-refractivity contribution is -0.121. The fraction of sp³-hybridized carbons (Fsp3) is 0.333. The predicted molar refractivity (Wildman–Crippen MR) is 88.3 cm³/mol. The highest BCUT2D eigenvalue weighted by atomic mass is 19.1. The fourth-order valence-electron chi connectivity index (χ4n) is 2.54. The zero-order chi connectivity index (χ0) is 17.9. The summed E-state index contributed by atoms with van der Waals surface area (Å²) in [5.74, 6) is 1.70. The van der Waals surface area contributed by atoms with Gasteiger partial charge in [0.25, 0.3) is 0 Å². The van der Waals surface area contributed by atoms with Crippen LogP contribution in [0.1, 0.15) is 42.8 Å². The van der Waals surface area contributed by atoms with Crippen LogP contribution in [0.4, 0.5) is 4.39 Å². The van der Waals surface area contributed by atoms with Crippen LogP contribution in [0.2, 0.25) is 0 Å². The van der Waals surface area contributed by atoms with E-state index in [4.69, 9.17) is 8.94 Å². The second kappa shape index (κ2) is 7.07. The number of rotatable bonds is 7. The van der Waals surface area contributed by atoms with Crippen molar-refractivity contribution in [3.8, 4) is 11.3 Å². The molecule has 0 radical (unpaired) electrons. The molecule has 2 aromatic heterocycles. The largest absolute Gasteiger partial charge is 0.441 e. The molecule has 134 valence electrons. The summed E-state index contributed by atoms with van der Waals surface area (Å²) in [4.78, 5) is 20.3. The van der Waals surface area contributed by atoms with Crippen molar-refractivity contribution in [3.63, 3.8) is 0 Å². The van der Waals surface area contributed by atoms with Gasteiger partial charge in [-0.05, 0) is 25.0 Å². The molecular weight excluding hydrogens is 339 g/mol. The Morgan fingerprint density at radius 2 is 2.12 bits per heavy atom. The minimum absolute atomic E-state index is 0.179. The molecule has 1 amide bonds. The second-order valence-electron chi connectivity index (χ2n) is 6.20. The van der Waals surface area contributed by atoms with Crippen molar-refractivity contribution in [1.29, 1.82) is 0 Å². The van der Waals surface area contributed by atoms with Crippen LogP contribution in [0.15, 0.2) is 39.4 Å². The summed E-state index contributed by atoms with van der Waals surface area (Å²) in [5, 5.41) is 6.62. The first-order valence-corrected chi connectivity index (χ1v) is 8.48. The number of amides is 1. The monoisotopic (exact) mass is 356 g/mol. The Morgan fingerprint density at radius 3 is 2.92 bits per heavy atom. The summed E-state index contributed by atoms with van der Waals surface area (Å²) >= 11 is 0. The van der Waals surface area contributed by atoms with E-state index in [-0.39, 0.29) is 24.7 Å². The van der Waals surface area contributed by atoms with E-state index < -0.39 is 0 Å². The molecule has 1 N–H and O–H groups in total. The third kappa shape index (κ3) is 3.79. The zero-order valence-corrected chi connectivity index (χ0v) is 13.9. The third-order valence-corrected chi connectivity index (χ3v) is 4.12. The van der Waals surface area contributed by atoms with Gasteiger partial charge in [0.05, 0.1) is 18.3 Å². The molecule has 0 atom stereocenters. The normalized spacial score (nSPS) is 13.7. The lowest BCUT2D eigenvalue weighted by Crippen LogP contribution is -2.23. The van der Waals surface area contributed by atoms with Crippen LogP contribution in [-0.4, -0.2) is 21.0 Å². The maximum atomic E-state index is 13.7. The smallest absolute Gasteiger partial charge is 0.246 e. The second-order valence-corrected chi connectivity index (χ2v) is 6.20. The van der Waals surface area contributed by atoms with Gasteiger partial charge >= 0.3 is 0 Å². The van der Waals surface area contributed by atoms with Crippen molar-refractivity contribution in [2.75, 3.05) is 0 Å². The van der Waals surface area contributed by atoms with E-state index in [9.17, 15) is 9.18 Å². The third-order valence-electron chi connectivity index (χ3n) is 4.12. The van der Waals surface area contributed by atoms with Crippen molar-refractivity contribution in [2.24, 2.45) is 0 Å². The molecule has 0 unspecified atom stereocenters. The van der Waals surface area contributed by atoms with E-state index in [0.29, 0.717) is 35.4 Å². The molecule has 26 heavy (non-hydrogen) atoms. The van der Waals surface area contributed by atoms with Crippen molar-refractivity contribution >= 4 is 5.91 Å². The molecule has 1 aliphatic carbocycles. The molecule has 2 heterocycles. The van der Waals surface area contributed by atoms with Crippen molar-refractivity contribution in [2.45, 2.75) is 38.1 Å². The van der Waals surface area contributed by atoms with Gasteiger partial charge in [0.1, 0.15) is 5.82 Å². The Morgan fingerprint density at radius 1 is 1.27 bits per heavy atom. The minimum Gasteiger partial charge on any atom is -0.441 e. The number of hydrogen-bond donors (Lipinski definition) is 1. The fourth-order valence-corrected chi connectivity index (χ4v) is 2.54. The van der Waals surface area contributed by atoms with E-state index in [1.165, 1.54) is 12.3 Å². The summed E-state index contributed by atoms with van der Waals surface area (Å²) in [6, 6.07) is 6.31. The number of nitrogens with one attached hydrogen (secondary N) is 1. The van der Waals surface area contributed by atoms with Crippen molar-refractivity contribution < 1.29 is 18.1 Å². The first-order valence-electron chi connectivity index (χ1n) is 8.48. The highest BCUT2D eigenvalue weighted by molar-refractivity contribution is 5.75. The van der Waals surface area contributed by atoms with Crippen molar-refractivity contribution in [1.82, 2.24) is 20.4 Å². The van der Waals surface area contributed by atoms with Crippen LogP contribution in [0.5, 0.6) is 0 Å². The summed E-state index contributed by atoms with van der Waals surface area (Å²) in [6.45, 7) is 0.199. The topological polar surface area (TPSA) is 94.1 Å². The Balaban J connectivity index is 1.27. The van der Waals surface area contributed by atoms with Gasteiger partial charge in [0.2, 0.25) is 11.8 Å². The average molecular weight is 356 g/mol. The maximum absolute atomic E-state index is 13.7. The number of carbonyl (C=O) groups is 1. The van der Waals surface area contributed by atoms with E-state index in [1.54, 1.807) is 18.2 Å². The summed E-state index contributed by atoms with van der Waals surface area (Å²) < 4.78 is 24.4. The van der Waals surface area contributed by atoms with Gasteiger partial charge in [-0.2, -0.15) is 4.98 Å². The van der Waals surface area contributed by atoms with Crippen LogP contribution >= 0.6 is 0 Å².